The molecule has 1 fully saturated rings. The molecule has 2 N–H and O–H groups in total. The first-order valence-electron chi connectivity index (χ1n) is 7.41. The zero-order valence-electron chi connectivity index (χ0n) is 12.1. The first-order chi connectivity index (χ1) is 10.1. The topological polar surface area (TPSA) is 69.6 Å². The van der Waals surface area contributed by atoms with Crippen LogP contribution in [0.25, 0.3) is 0 Å². The van der Waals surface area contributed by atoms with Gasteiger partial charge >= 0.3 is 5.97 Å². The number of aliphatic carboxylic acids is 1. The molecule has 0 aliphatic carbocycles. The second-order valence-electron chi connectivity index (χ2n) is 5.91. The first kappa shape index (κ1) is 14.1. The molecule has 0 aromatic heterocycles. The Morgan fingerprint density at radius 2 is 2.00 bits per heavy atom. The molecule has 2 unspecified atom stereocenters. The Labute approximate surface area is 123 Å². The van der Waals surface area contributed by atoms with E-state index in [-0.39, 0.29) is 18.0 Å². The van der Waals surface area contributed by atoms with E-state index in [0.29, 0.717) is 25.9 Å². The molecule has 1 aromatic rings. The minimum absolute atomic E-state index is 0.0285. The molecule has 2 aliphatic heterocycles. The number of amides is 1. The maximum atomic E-state index is 12.7. The molecule has 1 aromatic carbocycles. The number of hydrogen-bond donors (Lipinski definition) is 2. The highest BCUT2D eigenvalue weighted by atomic mass is 16.4. The van der Waals surface area contributed by atoms with E-state index < -0.39 is 11.9 Å². The molecule has 3 atom stereocenters. The summed E-state index contributed by atoms with van der Waals surface area (Å²) >= 11 is 0. The lowest BCUT2D eigenvalue weighted by molar-refractivity contribution is -0.143. The molecule has 3 rings (SSSR count). The fraction of sp³-hybridized carbons (Fsp3) is 0.500. The number of rotatable bonds is 2. The van der Waals surface area contributed by atoms with Crippen LogP contribution < -0.4 is 5.32 Å². The van der Waals surface area contributed by atoms with Crippen LogP contribution in [0.5, 0.6) is 0 Å². The number of likely N-dealkylation sites (tertiary alicyclic amines) is 1. The molecule has 2 aliphatic rings. The molecule has 5 heteroatoms. The van der Waals surface area contributed by atoms with Gasteiger partial charge in [-0.3, -0.25) is 9.59 Å². The number of carbonyl (C=O) groups is 2. The zero-order chi connectivity index (χ0) is 15.0. The lowest BCUT2D eigenvalue weighted by Gasteiger charge is -2.31. The molecule has 1 saturated heterocycles. The Kier molecular flexibility index (Phi) is 3.68. The van der Waals surface area contributed by atoms with Gasteiger partial charge in [-0.05, 0) is 30.9 Å². The molecular formula is C16H20N2O3. The van der Waals surface area contributed by atoms with Gasteiger partial charge in [0.15, 0.2) is 0 Å². The Morgan fingerprint density at radius 3 is 2.67 bits per heavy atom. The van der Waals surface area contributed by atoms with E-state index in [1.165, 1.54) is 11.1 Å². The lowest BCUT2D eigenvalue weighted by atomic mass is 9.95. The molecule has 0 saturated carbocycles. The van der Waals surface area contributed by atoms with Crippen molar-refractivity contribution >= 4 is 11.9 Å². The summed E-state index contributed by atoms with van der Waals surface area (Å²) in [4.78, 5) is 25.6. The van der Waals surface area contributed by atoms with Crippen molar-refractivity contribution in [3.05, 3.63) is 35.4 Å². The number of hydrogen-bond acceptors (Lipinski definition) is 3. The fourth-order valence-electron chi connectivity index (χ4n) is 3.41. The summed E-state index contributed by atoms with van der Waals surface area (Å²) in [6.07, 6.45) is 1.22. The Morgan fingerprint density at radius 1 is 1.29 bits per heavy atom. The van der Waals surface area contributed by atoms with E-state index >= 15 is 0 Å². The summed E-state index contributed by atoms with van der Waals surface area (Å²) in [5.74, 6) is -1.22. The standard InChI is InChI=1S/C16H20N2O3/c1-10-13(16(20)21)6-7-18(10)15(19)14-8-11-4-2-3-5-12(11)9-17-14/h2-5,10,13-14,17H,6-9H2,1H3,(H,20,21)/t10?,13?,14-/m1/s1. The van der Waals surface area contributed by atoms with Crippen LogP contribution in [0.4, 0.5) is 0 Å². The lowest BCUT2D eigenvalue weighted by Crippen LogP contribution is -2.51. The van der Waals surface area contributed by atoms with Crippen molar-refractivity contribution in [3.63, 3.8) is 0 Å². The third-order valence-electron chi connectivity index (χ3n) is 4.73. The van der Waals surface area contributed by atoms with Crippen molar-refractivity contribution in [2.75, 3.05) is 6.54 Å². The first-order valence-corrected chi connectivity index (χ1v) is 7.41. The summed E-state index contributed by atoms with van der Waals surface area (Å²) in [5.41, 5.74) is 2.44. The SMILES string of the molecule is CC1C(C(=O)O)CCN1C(=O)[C@H]1Cc2ccccc2CN1. The predicted octanol–water partition coefficient (Wildman–Crippen LogP) is 1.02. The molecule has 21 heavy (non-hydrogen) atoms. The molecular weight excluding hydrogens is 268 g/mol. The fourth-order valence-corrected chi connectivity index (χ4v) is 3.41. The predicted molar refractivity (Wildman–Crippen MR) is 77.7 cm³/mol. The quantitative estimate of drug-likeness (QED) is 0.852. The largest absolute Gasteiger partial charge is 0.481 e. The van der Waals surface area contributed by atoms with Gasteiger partial charge in [-0.15, -0.1) is 0 Å². The Bertz CT molecular complexity index is 572. The molecule has 0 radical (unpaired) electrons. The number of carbonyl (C=O) groups excluding carboxylic acids is 1. The van der Waals surface area contributed by atoms with Crippen LogP contribution in [-0.2, 0) is 22.6 Å². The van der Waals surface area contributed by atoms with Gasteiger partial charge in [0, 0.05) is 19.1 Å². The molecule has 0 bridgehead atoms. The average Bonchev–Trinajstić information content (AvgIpc) is 2.88. The summed E-state index contributed by atoms with van der Waals surface area (Å²) in [6.45, 7) is 3.06. The van der Waals surface area contributed by atoms with Crippen LogP contribution in [0.2, 0.25) is 0 Å². The van der Waals surface area contributed by atoms with E-state index in [4.69, 9.17) is 0 Å². The highest BCUT2D eigenvalue weighted by Gasteiger charge is 2.40. The van der Waals surface area contributed by atoms with E-state index in [1.807, 2.05) is 19.1 Å². The van der Waals surface area contributed by atoms with Crippen molar-refractivity contribution in [1.82, 2.24) is 10.2 Å². The minimum atomic E-state index is -0.806. The van der Waals surface area contributed by atoms with Gasteiger partial charge in [0.1, 0.15) is 0 Å². The number of nitrogens with zero attached hydrogens (tertiary/aromatic N) is 1. The molecule has 1 amide bonds. The van der Waals surface area contributed by atoms with Gasteiger partial charge in [0.05, 0.1) is 12.0 Å². The van der Waals surface area contributed by atoms with Crippen molar-refractivity contribution < 1.29 is 14.7 Å². The summed E-state index contributed by atoms with van der Waals surface area (Å²) < 4.78 is 0. The van der Waals surface area contributed by atoms with Crippen molar-refractivity contribution in [3.8, 4) is 0 Å². The van der Waals surface area contributed by atoms with Gasteiger partial charge in [-0.1, -0.05) is 24.3 Å². The zero-order valence-corrected chi connectivity index (χ0v) is 12.1. The molecule has 0 spiro atoms. The average molecular weight is 288 g/mol. The van der Waals surface area contributed by atoms with Gasteiger partial charge in [-0.25, -0.2) is 0 Å². The van der Waals surface area contributed by atoms with Crippen molar-refractivity contribution in [2.24, 2.45) is 5.92 Å². The third kappa shape index (κ3) is 2.53. The Hall–Kier alpha value is -1.88. The third-order valence-corrected chi connectivity index (χ3v) is 4.73. The van der Waals surface area contributed by atoms with Crippen molar-refractivity contribution in [2.45, 2.75) is 38.4 Å². The molecule has 5 nitrogen and oxygen atoms in total. The van der Waals surface area contributed by atoms with Gasteiger partial charge in [-0.2, -0.15) is 0 Å². The Balaban J connectivity index is 1.71. The van der Waals surface area contributed by atoms with E-state index in [2.05, 4.69) is 17.4 Å². The number of fused-ring (bicyclic) bond motifs is 1. The number of nitrogens with one attached hydrogen (secondary N) is 1. The highest BCUT2D eigenvalue weighted by molar-refractivity contribution is 5.84. The second-order valence-corrected chi connectivity index (χ2v) is 5.91. The maximum Gasteiger partial charge on any atom is 0.308 e. The number of carboxylic acid groups (broad SMARTS) is 1. The highest BCUT2D eigenvalue weighted by Crippen LogP contribution is 2.26. The monoisotopic (exact) mass is 288 g/mol. The second kappa shape index (κ2) is 5.48. The minimum Gasteiger partial charge on any atom is -0.481 e. The van der Waals surface area contributed by atoms with Crippen LogP contribution >= 0.6 is 0 Å². The van der Waals surface area contributed by atoms with Gasteiger partial charge in [0.25, 0.3) is 0 Å². The van der Waals surface area contributed by atoms with E-state index in [9.17, 15) is 14.7 Å². The summed E-state index contributed by atoms with van der Waals surface area (Å²) in [7, 11) is 0. The molecule has 112 valence electrons. The van der Waals surface area contributed by atoms with Gasteiger partial charge in [0.2, 0.25) is 5.91 Å². The van der Waals surface area contributed by atoms with Crippen LogP contribution in [-0.4, -0.2) is 40.5 Å². The number of benzene rings is 1. The van der Waals surface area contributed by atoms with Crippen LogP contribution in [0.3, 0.4) is 0 Å². The molecule has 2 heterocycles. The smallest absolute Gasteiger partial charge is 0.308 e. The van der Waals surface area contributed by atoms with Crippen molar-refractivity contribution in [1.29, 1.82) is 0 Å². The van der Waals surface area contributed by atoms with E-state index in [0.717, 1.165) is 0 Å². The number of carboxylic acids is 1. The van der Waals surface area contributed by atoms with Crippen LogP contribution in [0.1, 0.15) is 24.5 Å². The van der Waals surface area contributed by atoms with E-state index in [1.54, 1.807) is 4.90 Å². The van der Waals surface area contributed by atoms with Gasteiger partial charge < -0.3 is 15.3 Å². The van der Waals surface area contributed by atoms with Crippen LogP contribution in [0.15, 0.2) is 24.3 Å². The maximum absolute atomic E-state index is 12.7. The van der Waals surface area contributed by atoms with Crippen LogP contribution in [0, 0.1) is 5.92 Å². The summed E-state index contributed by atoms with van der Waals surface area (Å²) in [5, 5.41) is 12.4. The normalized spacial score (nSPS) is 28.2. The summed E-state index contributed by atoms with van der Waals surface area (Å²) in [6, 6.07) is 7.66.